The molecule has 3 amide bonds. The highest BCUT2D eigenvalue weighted by molar-refractivity contribution is 7.91. The van der Waals surface area contributed by atoms with Crippen molar-refractivity contribution in [1.82, 2.24) is 19.9 Å². The Kier molecular flexibility index (Phi) is 8.88. The monoisotopic (exact) mass is 672 g/mol. The first-order valence-corrected chi connectivity index (χ1v) is 17.2. The van der Waals surface area contributed by atoms with Gasteiger partial charge >= 0.3 is 6.09 Å². The SMILES string of the molecule is C=CC1C[C@]1(NC(=O)[C@@H]1C[C@@H](Oc2cc(OCC)nc3c(C)c(OC)ccc23)CN1C(=O)OC(C)(C)C)C(=O)NS(=O)(=O)C1(C)CC1. The number of methoxy groups -OCH3 is 1. The predicted molar refractivity (Wildman–Crippen MR) is 174 cm³/mol. The second-order valence-corrected chi connectivity index (χ2v) is 15.9. The average Bonchev–Trinajstić information content (AvgIpc) is 3.87. The third-order valence-electron chi connectivity index (χ3n) is 9.00. The van der Waals surface area contributed by atoms with Crippen LogP contribution in [0.3, 0.4) is 0 Å². The van der Waals surface area contributed by atoms with Crippen molar-refractivity contribution >= 4 is 38.8 Å². The summed E-state index contributed by atoms with van der Waals surface area (Å²) in [5.74, 6) is -0.508. The molecule has 2 N–H and O–H groups in total. The Morgan fingerprint density at radius 1 is 1.19 bits per heavy atom. The van der Waals surface area contributed by atoms with E-state index in [1.54, 1.807) is 40.9 Å². The summed E-state index contributed by atoms with van der Waals surface area (Å²) >= 11 is 0. The first kappa shape index (κ1) is 34.3. The minimum absolute atomic E-state index is 0.00669. The van der Waals surface area contributed by atoms with E-state index in [0.717, 1.165) is 5.56 Å². The summed E-state index contributed by atoms with van der Waals surface area (Å²) in [5, 5.41) is 3.47. The lowest BCUT2D eigenvalue weighted by atomic mass is 10.1. The molecule has 2 aromatic rings. The lowest BCUT2D eigenvalue weighted by molar-refractivity contribution is -0.131. The number of fused-ring (bicyclic) bond motifs is 1. The molecule has 3 fully saturated rings. The van der Waals surface area contributed by atoms with Gasteiger partial charge in [0.05, 0.1) is 30.5 Å². The van der Waals surface area contributed by atoms with Crippen molar-refractivity contribution in [2.45, 2.75) is 95.3 Å². The zero-order valence-corrected chi connectivity index (χ0v) is 28.8. The summed E-state index contributed by atoms with van der Waals surface area (Å²) in [6.45, 7) is 14.6. The maximum absolute atomic E-state index is 14.0. The van der Waals surface area contributed by atoms with E-state index in [4.69, 9.17) is 18.9 Å². The molecule has 3 aliphatic rings. The average molecular weight is 673 g/mol. The number of carbonyl (C=O) groups excluding carboxylic acids is 3. The van der Waals surface area contributed by atoms with Gasteiger partial charge in [0, 0.05) is 29.4 Å². The number of rotatable bonds is 11. The summed E-state index contributed by atoms with van der Waals surface area (Å²) in [4.78, 5) is 46.7. The normalized spacial score (nSPS) is 24.7. The Morgan fingerprint density at radius 2 is 1.89 bits per heavy atom. The molecule has 47 heavy (non-hydrogen) atoms. The summed E-state index contributed by atoms with van der Waals surface area (Å²) in [5.41, 5.74) is -0.952. The number of benzene rings is 1. The molecule has 5 rings (SSSR count). The summed E-state index contributed by atoms with van der Waals surface area (Å²) in [6, 6.07) is 4.22. The number of pyridine rings is 1. The van der Waals surface area contributed by atoms with Crippen LogP contribution in [0.4, 0.5) is 4.79 Å². The van der Waals surface area contributed by atoms with Crippen molar-refractivity contribution in [2.75, 3.05) is 20.3 Å². The van der Waals surface area contributed by atoms with Crippen molar-refractivity contribution < 1.29 is 41.7 Å². The van der Waals surface area contributed by atoms with Crippen molar-refractivity contribution in [1.29, 1.82) is 0 Å². The Bertz CT molecular complexity index is 1720. The van der Waals surface area contributed by atoms with E-state index in [1.807, 2.05) is 26.0 Å². The third kappa shape index (κ3) is 6.69. The molecule has 256 valence electrons. The van der Waals surface area contributed by atoms with Gasteiger partial charge in [0.25, 0.3) is 5.91 Å². The maximum atomic E-state index is 14.0. The van der Waals surface area contributed by atoms with E-state index < -0.39 is 61.9 Å². The molecule has 0 spiro atoms. The van der Waals surface area contributed by atoms with Gasteiger partial charge in [0.1, 0.15) is 34.8 Å². The van der Waals surface area contributed by atoms with Crippen LogP contribution in [0.1, 0.15) is 65.9 Å². The number of nitrogens with one attached hydrogen (secondary N) is 2. The lowest BCUT2D eigenvalue weighted by Gasteiger charge is -2.29. The molecule has 0 radical (unpaired) electrons. The molecule has 14 heteroatoms. The van der Waals surface area contributed by atoms with Crippen LogP contribution in [0, 0.1) is 12.8 Å². The number of likely N-dealkylation sites (tertiary alicyclic amines) is 1. The van der Waals surface area contributed by atoms with Gasteiger partial charge in [-0.15, -0.1) is 6.58 Å². The lowest BCUT2D eigenvalue weighted by Crippen LogP contribution is -2.57. The minimum atomic E-state index is -3.95. The van der Waals surface area contributed by atoms with E-state index in [-0.39, 0.29) is 19.4 Å². The summed E-state index contributed by atoms with van der Waals surface area (Å²) in [6.07, 6.45) is 1.26. The zero-order chi connectivity index (χ0) is 34.5. The quantitative estimate of drug-likeness (QED) is 0.336. The number of carbonyl (C=O) groups is 3. The predicted octanol–water partition coefficient (Wildman–Crippen LogP) is 3.77. The number of hydrogen-bond donors (Lipinski definition) is 2. The number of aromatic nitrogens is 1. The molecule has 13 nitrogen and oxygen atoms in total. The van der Waals surface area contributed by atoms with E-state index in [2.05, 4.69) is 21.6 Å². The van der Waals surface area contributed by atoms with Crippen LogP contribution in [0.15, 0.2) is 30.9 Å². The van der Waals surface area contributed by atoms with Gasteiger partial charge in [-0.2, -0.15) is 0 Å². The number of aryl methyl sites for hydroxylation is 1. The van der Waals surface area contributed by atoms with Crippen LogP contribution in [0.25, 0.3) is 10.9 Å². The highest BCUT2D eigenvalue weighted by Gasteiger charge is 2.63. The van der Waals surface area contributed by atoms with Crippen LogP contribution in [-0.4, -0.2) is 84.5 Å². The van der Waals surface area contributed by atoms with Gasteiger partial charge < -0.3 is 24.3 Å². The van der Waals surface area contributed by atoms with Crippen LogP contribution < -0.4 is 24.2 Å². The van der Waals surface area contributed by atoms with Gasteiger partial charge in [-0.3, -0.25) is 19.2 Å². The number of sulfonamides is 1. The van der Waals surface area contributed by atoms with Crippen LogP contribution in [0.2, 0.25) is 0 Å². The van der Waals surface area contributed by atoms with E-state index in [9.17, 15) is 22.8 Å². The molecule has 1 unspecified atom stereocenters. The summed E-state index contributed by atoms with van der Waals surface area (Å²) < 4.78 is 50.2. The van der Waals surface area contributed by atoms with Crippen molar-refractivity contribution in [3.05, 3.63) is 36.4 Å². The molecule has 4 atom stereocenters. The van der Waals surface area contributed by atoms with Gasteiger partial charge in [0.15, 0.2) is 0 Å². The summed E-state index contributed by atoms with van der Waals surface area (Å²) in [7, 11) is -2.37. The molecule has 2 saturated carbocycles. The molecule has 2 aliphatic carbocycles. The molecule has 1 aromatic carbocycles. The molecule has 1 aromatic heterocycles. The topological polar surface area (TPSA) is 162 Å². The van der Waals surface area contributed by atoms with Crippen molar-refractivity contribution in [2.24, 2.45) is 5.92 Å². The van der Waals surface area contributed by atoms with E-state index in [0.29, 0.717) is 47.7 Å². The molecule has 2 heterocycles. The fourth-order valence-corrected chi connectivity index (χ4v) is 7.16. The molecule has 1 saturated heterocycles. The fourth-order valence-electron chi connectivity index (χ4n) is 5.85. The second-order valence-electron chi connectivity index (χ2n) is 13.7. The number of amides is 3. The van der Waals surface area contributed by atoms with Gasteiger partial charge in [-0.25, -0.2) is 18.2 Å². The van der Waals surface area contributed by atoms with Crippen LogP contribution in [0.5, 0.6) is 17.4 Å². The Labute approximate surface area is 275 Å². The highest BCUT2D eigenvalue weighted by atomic mass is 32.2. The van der Waals surface area contributed by atoms with Gasteiger partial charge in [-0.1, -0.05) is 6.08 Å². The number of nitrogens with zero attached hydrogens (tertiary/aromatic N) is 2. The number of ether oxygens (including phenoxy) is 4. The standard InChI is InChI=1S/C33H44N4O9S/c1-9-20-17-33(20,29(39)36-47(41,42)32(7)13-14-32)35-28(38)23-15-21(18-37(23)30(40)46-31(4,5)6)45-25-16-26(44-10-2)34-27-19(3)24(43-8)12-11-22(25)27/h9,11-12,16,20-21,23H,1,10,13-15,17-18H2,2-8H3,(H,35,38)(H,36,39)/t20?,21-,23+,33-/m1/s1. The first-order valence-electron chi connectivity index (χ1n) is 15.8. The van der Waals surface area contributed by atoms with Gasteiger partial charge in [-0.05, 0) is 72.9 Å². The van der Waals surface area contributed by atoms with Crippen LogP contribution in [-0.2, 0) is 24.3 Å². The van der Waals surface area contributed by atoms with E-state index >= 15 is 0 Å². The minimum Gasteiger partial charge on any atom is -0.496 e. The number of hydrogen-bond acceptors (Lipinski definition) is 10. The maximum Gasteiger partial charge on any atom is 0.411 e. The largest absolute Gasteiger partial charge is 0.496 e. The Hall–Kier alpha value is -4.07. The Balaban J connectivity index is 1.43. The van der Waals surface area contributed by atoms with Crippen LogP contribution >= 0.6 is 0 Å². The zero-order valence-electron chi connectivity index (χ0n) is 28.0. The van der Waals surface area contributed by atoms with Crippen molar-refractivity contribution in [3.63, 3.8) is 0 Å². The molecular formula is C33H44N4O9S. The Morgan fingerprint density at radius 3 is 2.47 bits per heavy atom. The third-order valence-corrected chi connectivity index (χ3v) is 11.2. The van der Waals surface area contributed by atoms with Gasteiger partial charge in [0.2, 0.25) is 21.8 Å². The first-order chi connectivity index (χ1) is 22.0. The fraction of sp³-hybridized carbons (Fsp3) is 0.576. The highest BCUT2D eigenvalue weighted by Crippen LogP contribution is 2.47. The molecular weight excluding hydrogens is 628 g/mol. The molecule has 0 bridgehead atoms. The van der Waals surface area contributed by atoms with E-state index in [1.165, 1.54) is 11.0 Å². The smallest absolute Gasteiger partial charge is 0.411 e. The molecule has 1 aliphatic heterocycles. The second kappa shape index (κ2) is 12.2. The van der Waals surface area contributed by atoms with Crippen molar-refractivity contribution in [3.8, 4) is 17.4 Å².